The van der Waals surface area contributed by atoms with E-state index in [9.17, 15) is 23.5 Å². The van der Waals surface area contributed by atoms with Crippen LogP contribution >= 0.6 is 0 Å². The summed E-state index contributed by atoms with van der Waals surface area (Å²) >= 11 is 0. The molecular formula is C10H11F2NO4. The minimum atomic E-state index is -2.99. The molecule has 1 heterocycles. The summed E-state index contributed by atoms with van der Waals surface area (Å²) in [4.78, 5) is 24.0. The molecule has 0 saturated heterocycles. The molecule has 0 atom stereocenters. The SMILES string of the molecule is CCOC(=O)Cc1c(O)cc(=O)[nH]c1C(F)F. The van der Waals surface area contributed by atoms with Crippen molar-refractivity contribution in [2.24, 2.45) is 0 Å². The van der Waals surface area contributed by atoms with Crippen molar-refractivity contribution < 1.29 is 23.4 Å². The van der Waals surface area contributed by atoms with Crippen LogP contribution in [0.3, 0.4) is 0 Å². The number of halogens is 2. The Morgan fingerprint density at radius 3 is 2.76 bits per heavy atom. The molecule has 0 aliphatic heterocycles. The van der Waals surface area contributed by atoms with Crippen molar-refractivity contribution in [2.75, 3.05) is 6.61 Å². The molecule has 1 aromatic rings. The maximum Gasteiger partial charge on any atom is 0.310 e. The second-order valence-electron chi connectivity index (χ2n) is 3.19. The van der Waals surface area contributed by atoms with E-state index < -0.39 is 35.8 Å². The summed E-state index contributed by atoms with van der Waals surface area (Å²) in [6.07, 6.45) is -3.50. The van der Waals surface area contributed by atoms with Gasteiger partial charge in [0.2, 0.25) is 0 Å². The van der Waals surface area contributed by atoms with Crippen molar-refractivity contribution >= 4 is 5.97 Å². The first kappa shape index (κ1) is 13.1. The van der Waals surface area contributed by atoms with Crippen molar-refractivity contribution in [1.82, 2.24) is 4.98 Å². The van der Waals surface area contributed by atoms with Gasteiger partial charge in [-0.1, -0.05) is 0 Å². The zero-order valence-electron chi connectivity index (χ0n) is 9.00. The number of aromatic amines is 1. The van der Waals surface area contributed by atoms with Crippen molar-refractivity contribution in [3.05, 3.63) is 27.7 Å². The number of esters is 1. The van der Waals surface area contributed by atoms with Gasteiger partial charge in [0.05, 0.1) is 18.7 Å². The largest absolute Gasteiger partial charge is 0.507 e. The monoisotopic (exact) mass is 247 g/mol. The molecule has 0 saturated carbocycles. The predicted molar refractivity (Wildman–Crippen MR) is 54.0 cm³/mol. The maximum absolute atomic E-state index is 12.6. The molecule has 0 radical (unpaired) electrons. The number of aromatic nitrogens is 1. The van der Waals surface area contributed by atoms with E-state index in [4.69, 9.17) is 0 Å². The molecule has 1 aromatic heterocycles. The smallest absolute Gasteiger partial charge is 0.310 e. The standard InChI is InChI=1S/C10H11F2NO4/c1-2-17-8(16)3-5-6(14)4-7(15)13-9(5)10(11)12/h4,10H,2-3H2,1H3,(H2,13,14,15). The van der Waals surface area contributed by atoms with E-state index in [1.807, 2.05) is 4.98 Å². The zero-order valence-corrected chi connectivity index (χ0v) is 9.00. The normalized spacial score (nSPS) is 10.6. The highest BCUT2D eigenvalue weighted by Gasteiger charge is 2.20. The predicted octanol–water partition coefficient (Wildman–Crippen LogP) is 1.12. The number of pyridine rings is 1. The highest BCUT2D eigenvalue weighted by molar-refractivity contribution is 5.73. The zero-order chi connectivity index (χ0) is 13.0. The lowest BCUT2D eigenvalue weighted by Crippen LogP contribution is -2.15. The van der Waals surface area contributed by atoms with Gasteiger partial charge in [-0.15, -0.1) is 0 Å². The Bertz CT molecular complexity index is 470. The van der Waals surface area contributed by atoms with Crippen LogP contribution in [0.25, 0.3) is 0 Å². The molecule has 94 valence electrons. The van der Waals surface area contributed by atoms with Crippen LogP contribution in [-0.2, 0) is 16.0 Å². The quantitative estimate of drug-likeness (QED) is 0.781. The number of nitrogens with one attached hydrogen (secondary N) is 1. The molecule has 17 heavy (non-hydrogen) atoms. The summed E-state index contributed by atoms with van der Waals surface area (Å²) < 4.78 is 29.8. The van der Waals surface area contributed by atoms with Gasteiger partial charge >= 0.3 is 5.97 Å². The number of carbonyl (C=O) groups excluding carboxylic acids is 1. The van der Waals surface area contributed by atoms with Crippen LogP contribution in [0.1, 0.15) is 24.6 Å². The van der Waals surface area contributed by atoms with Gasteiger partial charge < -0.3 is 14.8 Å². The number of carbonyl (C=O) groups is 1. The molecule has 1 rings (SSSR count). The van der Waals surface area contributed by atoms with Crippen LogP contribution in [0, 0.1) is 0 Å². The van der Waals surface area contributed by atoms with Crippen LogP contribution < -0.4 is 5.56 Å². The number of hydrogen-bond acceptors (Lipinski definition) is 4. The fourth-order valence-corrected chi connectivity index (χ4v) is 1.32. The molecule has 0 aliphatic carbocycles. The van der Waals surface area contributed by atoms with Crippen molar-refractivity contribution in [1.29, 1.82) is 0 Å². The van der Waals surface area contributed by atoms with E-state index >= 15 is 0 Å². The van der Waals surface area contributed by atoms with Crippen LogP contribution in [0.15, 0.2) is 10.9 Å². The lowest BCUT2D eigenvalue weighted by Gasteiger charge is -2.09. The third-order valence-electron chi connectivity index (χ3n) is 2.00. The van der Waals surface area contributed by atoms with Crippen LogP contribution in [0.2, 0.25) is 0 Å². The average molecular weight is 247 g/mol. The van der Waals surface area contributed by atoms with Crippen molar-refractivity contribution in [3.8, 4) is 5.75 Å². The first-order chi connectivity index (χ1) is 7.95. The van der Waals surface area contributed by atoms with Crippen LogP contribution in [0.4, 0.5) is 8.78 Å². The molecule has 0 aromatic carbocycles. The van der Waals surface area contributed by atoms with E-state index in [2.05, 4.69) is 4.74 Å². The number of rotatable bonds is 4. The molecule has 2 N–H and O–H groups in total. The number of H-pyrrole nitrogens is 1. The van der Waals surface area contributed by atoms with Gasteiger partial charge in [-0.3, -0.25) is 9.59 Å². The Morgan fingerprint density at radius 2 is 2.24 bits per heavy atom. The van der Waals surface area contributed by atoms with E-state index in [1.54, 1.807) is 6.92 Å². The first-order valence-corrected chi connectivity index (χ1v) is 4.84. The van der Waals surface area contributed by atoms with Crippen molar-refractivity contribution in [2.45, 2.75) is 19.8 Å². The van der Waals surface area contributed by atoms with Gasteiger partial charge in [-0.2, -0.15) is 0 Å². The Hall–Kier alpha value is -1.92. The third kappa shape index (κ3) is 3.27. The molecule has 0 amide bonds. The fraction of sp³-hybridized carbons (Fsp3) is 0.400. The molecule has 0 unspecified atom stereocenters. The second kappa shape index (κ2) is 5.42. The topological polar surface area (TPSA) is 79.4 Å². The maximum atomic E-state index is 12.6. The van der Waals surface area contributed by atoms with Gasteiger partial charge in [0.25, 0.3) is 12.0 Å². The number of ether oxygens (including phenoxy) is 1. The minimum Gasteiger partial charge on any atom is -0.507 e. The van der Waals surface area contributed by atoms with E-state index in [0.29, 0.717) is 0 Å². The Labute approximate surface area is 95.0 Å². The molecule has 0 fully saturated rings. The van der Waals surface area contributed by atoms with Gasteiger partial charge in [-0.25, -0.2) is 8.78 Å². The third-order valence-corrected chi connectivity index (χ3v) is 2.00. The average Bonchev–Trinajstić information content (AvgIpc) is 2.21. The summed E-state index contributed by atoms with van der Waals surface area (Å²) in [6, 6.07) is 0.737. The molecule has 7 heteroatoms. The van der Waals surface area contributed by atoms with Gasteiger partial charge in [0.15, 0.2) is 0 Å². The highest BCUT2D eigenvalue weighted by Crippen LogP contribution is 2.26. The molecule has 0 aliphatic rings. The molecule has 0 spiro atoms. The van der Waals surface area contributed by atoms with E-state index in [-0.39, 0.29) is 12.2 Å². The Kier molecular flexibility index (Phi) is 4.19. The van der Waals surface area contributed by atoms with Crippen LogP contribution in [0.5, 0.6) is 5.75 Å². The van der Waals surface area contributed by atoms with Gasteiger partial charge in [-0.05, 0) is 6.92 Å². The summed E-state index contributed by atoms with van der Waals surface area (Å²) in [6.45, 7) is 1.67. The second-order valence-corrected chi connectivity index (χ2v) is 3.19. The van der Waals surface area contributed by atoms with E-state index in [1.165, 1.54) is 0 Å². The van der Waals surface area contributed by atoms with Crippen molar-refractivity contribution in [3.63, 3.8) is 0 Å². The van der Waals surface area contributed by atoms with E-state index in [0.717, 1.165) is 6.07 Å². The number of hydrogen-bond donors (Lipinski definition) is 2. The Balaban J connectivity index is 3.12. The fourth-order valence-electron chi connectivity index (χ4n) is 1.32. The lowest BCUT2D eigenvalue weighted by molar-refractivity contribution is -0.142. The Morgan fingerprint density at radius 1 is 1.59 bits per heavy atom. The first-order valence-electron chi connectivity index (χ1n) is 4.84. The summed E-state index contributed by atoms with van der Waals surface area (Å²) in [5, 5.41) is 9.38. The van der Waals surface area contributed by atoms with Gasteiger partial charge in [0, 0.05) is 11.6 Å². The summed E-state index contributed by atoms with van der Waals surface area (Å²) in [7, 11) is 0. The molecule has 5 nitrogen and oxygen atoms in total. The number of alkyl halides is 2. The summed E-state index contributed by atoms with van der Waals surface area (Å²) in [5.41, 5.74) is -1.94. The molecular weight excluding hydrogens is 236 g/mol. The summed E-state index contributed by atoms with van der Waals surface area (Å²) in [5.74, 6) is -1.39. The highest BCUT2D eigenvalue weighted by atomic mass is 19.3. The van der Waals surface area contributed by atoms with Gasteiger partial charge in [0.1, 0.15) is 5.75 Å². The lowest BCUT2D eigenvalue weighted by atomic mass is 10.1. The molecule has 0 bridgehead atoms. The van der Waals surface area contributed by atoms with Crippen LogP contribution in [-0.4, -0.2) is 22.7 Å². The number of aromatic hydroxyl groups is 1. The minimum absolute atomic E-state index is 0.104.